The Kier molecular flexibility index (Phi) is 6.11. The Morgan fingerprint density at radius 3 is 2.72 bits per heavy atom. The second-order valence-electron chi connectivity index (χ2n) is 4.76. The summed E-state index contributed by atoms with van der Waals surface area (Å²) in [7, 11) is 0. The molecule has 0 heterocycles. The summed E-state index contributed by atoms with van der Waals surface area (Å²) < 4.78 is 0.999. The van der Waals surface area contributed by atoms with Crippen LogP contribution in [0.15, 0.2) is 46.4 Å². The Bertz CT molecular complexity index is 937. The number of nitro benzene ring substituents is 1. The molecule has 0 spiro atoms. The van der Waals surface area contributed by atoms with E-state index in [1.165, 1.54) is 12.1 Å². The van der Waals surface area contributed by atoms with E-state index in [2.05, 4.69) is 21.2 Å². The van der Waals surface area contributed by atoms with Crippen LogP contribution >= 0.6 is 38.5 Å². The molecule has 126 valence electrons. The topological polar surface area (TPSA) is 116 Å². The van der Waals surface area contributed by atoms with E-state index in [-0.39, 0.29) is 14.7 Å². The van der Waals surface area contributed by atoms with E-state index in [1.54, 1.807) is 52.9 Å². The number of nitrogens with zero attached hydrogens (tertiary/aromatic N) is 2. The molecule has 0 saturated heterocycles. The predicted molar refractivity (Wildman–Crippen MR) is 104 cm³/mol. The summed E-state index contributed by atoms with van der Waals surface area (Å²) in [5, 5.41) is 32.4. The number of rotatable bonds is 4. The summed E-state index contributed by atoms with van der Waals surface area (Å²) in [4.78, 5) is 22.5. The van der Waals surface area contributed by atoms with Gasteiger partial charge in [-0.2, -0.15) is 5.26 Å². The number of anilines is 1. The smallest absolute Gasteiger partial charge is 0.312 e. The molecule has 1 amide bonds. The quantitative estimate of drug-likeness (QED) is 0.209. The standard InChI is InChI=1S/C16H9BrIN3O4/c17-11-2-1-3-12(7-11)20-16(23)10(8-19)4-9-5-13(18)15(22)14(6-9)21(24)25/h1-7,22H,(H,20,23)/b10-4-. The van der Waals surface area contributed by atoms with Crippen LogP contribution in [0, 0.1) is 25.0 Å². The summed E-state index contributed by atoms with van der Waals surface area (Å²) in [6.45, 7) is 0. The maximum absolute atomic E-state index is 12.2. The molecule has 0 aromatic heterocycles. The lowest BCUT2D eigenvalue weighted by Crippen LogP contribution is -2.13. The molecule has 2 aromatic carbocycles. The number of amides is 1. The first-order valence-corrected chi connectivity index (χ1v) is 8.54. The van der Waals surface area contributed by atoms with Crippen molar-refractivity contribution in [2.45, 2.75) is 0 Å². The SMILES string of the molecule is N#C/C(=C/c1cc(I)c(O)c([N+](=O)[O-])c1)C(=O)Nc1cccc(Br)c1. The monoisotopic (exact) mass is 513 g/mol. The number of hydrogen-bond acceptors (Lipinski definition) is 5. The van der Waals surface area contributed by atoms with Crippen LogP contribution in [0.3, 0.4) is 0 Å². The first-order valence-electron chi connectivity index (χ1n) is 6.67. The van der Waals surface area contributed by atoms with Crippen molar-refractivity contribution in [1.29, 1.82) is 5.26 Å². The van der Waals surface area contributed by atoms with E-state index in [0.717, 1.165) is 10.5 Å². The number of phenols is 1. The van der Waals surface area contributed by atoms with Crippen molar-refractivity contribution in [3.8, 4) is 11.8 Å². The minimum absolute atomic E-state index is 0.226. The third-order valence-corrected chi connectivity index (χ3v) is 4.34. The number of nitriles is 1. The third kappa shape index (κ3) is 4.77. The van der Waals surface area contributed by atoms with E-state index in [0.29, 0.717) is 5.69 Å². The van der Waals surface area contributed by atoms with Crippen LogP contribution in [0.1, 0.15) is 5.56 Å². The van der Waals surface area contributed by atoms with E-state index >= 15 is 0 Å². The number of benzene rings is 2. The lowest BCUT2D eigenvalue weighted by atomic mass is 10.1. The average Bonchev–Trinajstić information content (AvgIpc) is 2.55. The van der Waals surface area contributed by atoms with Gasteiger partial charge in [0.05, 0.1) is 8.49 Å². The van der Waals surface area contributed by atoms with Crippen molar-refractivity contribution in [1.82, 2.24) is 0 Å². The minimum Gasteiger partial charge on any atom is -0.501 e. The molecule has 2 rings (SSSR count). The number of halogens is 2. The highest BCUT2D eigenvalue weighted by Crippen LogP contribution is 2.33. The second kappa shape index (κ2) is 8.09. The molecule has 2 aromatic rings. The molecule has 0 unspecified atom stereocenters. The number of carbonyl (C=O) groups excluding carboxylic acids is 1. The Labute approximate surface area is 164 Å². The molecular weight excluding hydrogens is 505 g/mol. The number of phenolic OH excluding ortho intramolecular Hbond substituents is 1. The van der Waals surface area contributed by atoms with Gasteiger partial charge in [-0.1, -0.05) is 22.0 Å². The van der Waals surface area contributed by atoms with Crippen molar-refractivity contribution in [3.05, 3.63) is 65.7 Å². The molecule has 0 saturated carbocycles. The molecule has 25 heavy (non-hydrogen) atoms. The number of nitro groups is 1. The van der Waals surface area contributed by atoms with Gasteiger partial charge in [0.25, 0.3) is 5.91 Å². The van der Waals surface area contributed by atoms with E-state index in [4.69, 9.17) is 0 Å². The van der Waals surface area contributed by atoms with Crippen LogP contribution in [0.4, 0.5) is 11.4 Å². The fourth-order valence-corrected chi connectivity index (χ4v) is 2.94. The fourth-order valence-electron chi connectivity index (χ4n) is 1.91. The maximum Gasteiger partial charge on any atom is 0.312 e. The molecule has 0 radical (unpaired) electrons. The highest BCUT2D eigenvalue weighted by Gasteiger charge is 2.18. The van der Waals surface area contributed by atoms with Crippen LogP contribution < -0.4 is 5.32 Å². The number of carbonyl (C=O) groups is 1. The van der Waals surface area contributed by atoms with E-state index in [9.17, 15) is 25.3 Å². The lowest BCUT2D eigenvalue weighted by molar-refractivity contribution is -0.386. The first kappa shape index (κ1) is 18.9. The van der Waals surface area contributed by atoms with Crippen LogP contribution in [-0.2, 0) is 4.79 Å². The van der Waals surface area contributed by atoms with Gasteiger partial charge in [0, 0.05) is 16.2 Å². The van der Waals surface area contributed by atoms with Crippen molar-refractivity contribution in [3.63, 3.8) is 0 Å². The normalized spacial score (nSPS) is 10.8. The van der Waals surface area contributed by atoms with Crippen molar-refractivity contribution >= 4 is 61.9 Å². The van der Waals surface area contributed by atoms with Gasteiger partial charge in [-0.15, -0.1) is 0 Å². The summed E-state index contributed by atoms with van der Waals surface area (Å²) in [6.07, 6.45) is 1.22. The van der Waals surface area contributed by atoms with Crippen LogP contribution in [0.2, 0.25) is 0 Å². The molecule has 0 fully saturated rings. The van der Waals surface area contributed by atoms with Crippen LogP contribution in [-0.4, -0.2) is 15.9 Å². The van der Waals surface area contributed by atoms with Gasteiger partial charge in [0.1, 0.15) is 11.6 Å². The lowest BCUT2D eigenvalue weighted by Gasteiger charge is -2.05. The Morgan fingerprint density at radius 1 is 1.40 bits per heavy atom. The molecular formula is C16H9BrIN3O4. The minimum atomic E-state index is -0.734. The zero-order valence-electron chi connectivity index (χ0n) is 12.4. The molecule has 9 heteroatoms. The average molecular weight is 514 g/mol. The molecule has 0 aliphatic rings. The van der Waals surface area contributed by atoms with Gasteiger partial charge >= 0.3 is 5.69 Å². The van der Waals surface area contributed by atoms with Crippen LogP contribution in [0.5, 0.6) is 5.75 Å². The Hall–Kier alpha value is -2.45. The Morgan fingerprint density at radius 2 is 2.12 bits per heavy atom. The second-order valence-corrected chi connectivity index (χ2v) is 6.84. The number of hydrogen-bond donors (Lipinski definition) is 2. The number of nitrogens with one attached hydrogen (secondary N) is 1. The van der Waals surface area contributed by atoms with Gasteiger partial charge < -0.3 is 10.4 Å². The summed E-state index contributed by atoms with van der Waals surface area (Å²) >= 11 is 5.01. The van der Waals surface area contributed by atoms with E-state index in [1.807, 2.05) is 0 Å². The van der Waals surface area contributed by atoms with Crippen molar-refractivity contribution in [2.75, 3.05) is 5.32 Å². The zero-order chi connectivity index (χ0) is 18.6. The first-order chi connectivity index (χ1) is 11.8. The van der Waals surface area contributed by atoms with Crippen molar-refractivity contribution in [2.24, 2.45) is 0 Å². The highest BCUT2D eigenvalue weighted by atomic mass is 127. The molecule has 0 atom stereocenters. The molecule has 2 N–H and O–H groups in total. The molecule has 0 bridgehead atoms. The highest BCUT2D eigenvalue weighted by molar-refractivity contribution is 14.1. The Balaban J connectivity index is 2.35. The molecule has 0 aliphatic carbocycles. The zero-order valence-corrected chi connectivity index (χ0v) is 16.1. The number of aromatic hydroxyl groups is 1. The molecule has 7 nitrogen and oxygen atoms in total. The summed E-state index contributed by atoms with van der Waals surface area (Å²) in [5.41, 5.74) is 0.0280. The maximum atomic E-state index is 12.2. The van der Waals surface area contributed by atoms with Gasteiger partial charge in [-0.25, -0.2) is 0 Å². The fraction of sp³-hybridized carbons (Fsp3) is 0. The van der Waals surface area contributed by atoms with Gasteiger partial charge in [-0.05, 0) is 58.5 Å². The van der Waals surface area contributed by atoms with Gasteiger partial charge in [-0.3, -0.25) is 14.9 Å². The predicted octanol–water partition coefficient (Wildman–Crippen LogP) is 4.21. The van der Waals surface area contributed by atoms with Gasteiger partial charge in [0.2, 0.25) is 5.75 Å². The summed E-state index contributed by atoms with van der Waals surface area (Å²) in [5.74, 6) is -1.11. The van der Waals surface area contributed by atoms with Gasteiger partial charge in [0.15, 0.2) is 0 Å². The molecule has 0 aliphatic heterocycles. The van der Waals surface area contributed by atoms with E-state index < -0.39 is 22.3 Å². The van der Waals surface area contributed by atoms with Crippen LogP contribution in [0.25, 0.3) is 6.08 Å². The largest absolute Gasteiger partial charge is 0.501 e. The summed E-state index contributed by atoms with van der Waals surface area (Å²) in [6, 6.07) is 11.1. The third-order valence-electron chi connectivity index (χ3n) is 3.02. The van der Waals surface area contributed by atoms with Crippen molar-refractivity contribution < 1.29 is 14.8 Å².